The van der Waals surface area contributed by atoms with E-state index in [-0.39, 0.29) is 0 Å². The Balaban J connectivity index is 3.00. The van der Waals surface area contributed by atoms with Gasteiger partial charge in [-0.15, -0.1) is 0 Å². The molecule has 0 rings (SSSR count). The van der Waals surface area contributed by atoms with E-state index in [0.29, 0.717) is 0 Å². The van der Waals surface area contributed by atoms with Crippen LogP contribution in [0.25, 0.3) is 0 Å². The van der Waals surface area contributed by atoms with Crippen molar-refractivity contribution in [3.8, 4) is 0 Å². The molecule has 0 saturated carbocycles. The van der Waals surface area contributed by atoms with Crippen molar-refractivity contribution in [1.29, 1.82) is 0 Å². The quantitative estimate of drug-likeness (QED) is 0.295. The largest absolute Gasteiger partial charge is 0.0914 e. The summed E-state index contributed by atoms with van der Waals surface area (Å²) in [6, 6.07) is 0. The Hall–Kier alpha value is -0.520. The third-order valence-electron chi connectivity index (χ3n) is 2.90. The van der Waals surface area contributed by atoms with Crippen molar-refractivity contribution in [2.24, 2.45) is 0 Å². The van der Waals surface area contributed by atoms with Crippen LogP contribution in [0.3, 0.4) is 0 Å². The smallest absolute Gasteiger partial charge is 0.0169 e. The fourth-order valence-corrected chi connectivity index (χ4v) is 1.82. The zero-order chi connectivity index (χ0) is 11.9. The number of hydrogen-bond acceptors (Lipinski definition) is 0. The van der Waals surface area contributed by atoms with E-state index < -0.39 is 0 Å². The second-order valence-electron chi connectivity index (χ2n) is 4.54. The van der Waals surface area contributed by atoms with Crippen LogP contribution in [-0.2, 0) is 0 Å². The molecule has 0 amide bonds. The first-order valence-electron chi connectivity index (χ1n) is 7.18. The van der Waals surface area contributed by atoms with Crippen LogP contribution in [0.4, 0.5) is 0 Å². The lowest BCUT2D eigenvalue weighted by Crippen LogP contribution is -1.79. The number of hydrogen-bond donors (Lipinski definition) is 0. The minimum absolute atomic E-state index is 1.10. The summed E-state index contributed by atoms with van der Waals surface area (Å²) in [6.07, 6.45) is 22.6. The average molecular weight is 222 g/mol. The first-order chi connectivity index (χ1) is 7.91. The Labute approximate surface area is 103 Å². The number of unbranched alkanes of at least 4 members (excludes halogenated alkanes) is 8. The SMILES string of the molecule is CC=CCC=CCCCCCCCCCC. The molecule has 0 aromatic heterocycles. The molecule has 0 aromatic rings. The normalized spacial score (nSPS) is 11.9. The van der Waals surface area contributed by atoms with Crippen LogP contribution in [-0.4, -0.2) is 0 Å². The van der Waals surface area contributed by atoms with E-state index in [1.807, 2.05) is 0 Å². The molecule has 16 heavy (non-hydrogen) atoms. The van der Waals surface area contributed by atoms with Crippen LogP contribution in [0.5, 0.6) is 0 Å². The van der Waals surface area contributed by atoms with Crippen LogP contribution < -0.4 is 0 Å². The second kappa shape index (κ2) is 14.5. The molecule has 0 saturated heterocycles. The van der Waals surface area contributed by atoms with Gasteiger partial charge in [0.25, 0.3) is 0 Å². The maximum atomic E-state index is 2.33. The summed E-state index contributed by atoms with van der Waals surface area (Å²) in [7, 11) is 0. The predicted molar refractivity (Wildman–Crippen MR) is 75.8 cm³/mol. The van der Waals surface area contributed by atoms with Gasteiger partial charge >= 0.3 is 0 Å². The summed E-state index contributed by atoms with van der Waals surface area (Å²) in [6.45, 7) is 4.35. The predicted octanol–water partition coefficient (Wildman–Crippen LogP) is 6.04. The van der Waals surface area contributed by atoms with Crippen LogP contribution >= 0.6 is 0 Å². The summed E-state index contributed by atoms with van der Waals surface area (Å²) in [4.78, 5) is 0. The van der Waals surface area contributed by atoms with Gasteiger partial charge in [0.05, 0.1) is 0 Å². The fourth-order valence-electron chi connectivity index (χ4n) is 1.82. The zero-order valence-corrected chi connectivity index (χ0v) is 11.4. The molecule has 0 heterocycles. The van der Waals surface area contributed by atoms with Crippen molar-refractivity contribution >= 4 is 0 Å². The van der Waals surface area contributed by atoms with Crippen molar-refractivity contribution in [3.63, 3.8) is 0 Å². The van der Waals surface area contributed by atoms with Crippen LogP contribution in [0, 0.1) is 0 Å². The summed E-state index contributed by atoms with van der Waals surface area (Å²) in [5.41, 5.74) is 0. The summed E-state index contributed by atoms with van der Waals surface area (Å²) < 4.78 is 0. The van der Waals surface area contributed by atoms with Gasteiger partial charge in [-0.2, -0.15) is 0 Å². The summed E-state index contributed by atoms with van der Waals surface area (Å²) >= 11 is 0. The zero-order valence-electron chi connectivity index (χ0n) is 11.4. The third-order valence-corrected chi connectivity index (χ3v) is 2.90. The second-order valence-corrected chi connectivity index (χ2v) is 4.54. The lowest BCUT2D eigenvalue weighted by Gasteiger charge is -1.99. The highest BCUT2D eigenvalue weighted by molar-refractivity contribution is 4.91. The van der Waals surface area contributed by atoms with E-state index in [1.165, 1.54) is 57.8 Å². The van der Waals surface area contributed by atoms with Gasteiger partial charge < -0.3 is 0 Å². The third kappa shape index (κ3) is 13.5. The standard InChI is InChI=1S/C16H30/c1-3-5-7-9-11-13-15-16-14-12-10-8-6-4-2/h3,5,9,11H,4,6-8,10,12-16H2,1-2H3. The molecule has 0 aromatic carbocycles. The molecule has 0 heteroatoms. The van der Waals surface area contributed by atoms with Gasteiger partial charge in [0.2, 0.25) is 0 Å². The van der Waals surface area contributed by atoms with Gasteiger partial charge in [0.15, 0.2) is 0 Å². The minimum atomic E-state index is 1.10. The molecule has 0 nitrogen and oxygen atoms in total. The maximum Gasteiger partial charge on any atom is -0.0169 e. The molecule has 0 bridgehead atoms. The lowest BCUT2D eigenvalue weighted by atomic mass is 10.1. The van der Waals surface area contributed by atoms with Crippen molar-refractivity contribution in [2.75, 3.05) is 0 Å². The summed E-state index contributed by atoms with van der Waals surface area (Å²) in [5, 5.41) is 0. The molecule has 0 unspecified atom stereocenters. The first kappa shape index (κ1) is 15.5. The van der Waals surface area contributed by atoms with Gasteiger partial charge in [-0.25, -0.2) is 0 Å². The molecular formula is C16H30. The van der Waals surface area contributed by atoms with E-state index in [0.717, 1.165) is 6.42 Å². The van der Waals surface area contributed by atoms with Gasteiger partial charge in [0, 0.05) is 0 Å². The van der Waals surface area contributed by atoms with E-state index in [9.17, 15) is 0 Å². The molecule has 0 aliphatic rings. The van der Waals surface area contributed by atoms with E-state index in [1.54, 1.807) is 0 Å². The highest BCUT2D eigenvalue weighted by Crippen LogP contribution is 2.09. The highest BCUT2D eigenvalue weighted by Gasteiger charge is 1.89. The van der Waals surface area contributed by atoms with Crippen LogP contribution in [0.1, 0.15) is 78.1 Å². The highest BCUT2D eigenvalue weighted by atomic mass is 14.0. The monoisotopic (exact) mass is 222 g/mol. The number of rotatable bonds is 11. The Morgan fingerprint density at radius 2 is 1.31 bits per heavy atom. The Kier molecular flexibility index (Phi) is 14.0. The first-order valence-corrected chi connectivity index (χ1v) is 7.18. The molecule has 0 radical (unpaired) electrons. The minimum Gasteiger partial charge on any atom is -0.0914 e. The van der Waals surface area contributed by atoms with E-state index in [4.69, 9.17) is 0 Å². The topological polar surface area (TPSA) is 0 Å². The van der Waals surface area contributed by atoms with Crippen LogP contribution in [0.15, 0.2) is 24.3 Å². The Morgan fingerprint density at radius 3 is 1.94 bits per heavy atom. The van der Waals surface area contributed by atoms with Gasteiger partial charge in [-0.05, 0) is 26.2 Å². The molecule has 0 spiro atoms. The van der Waals surface area contributed by atoms with Crippen molar-refractivity contribution in [1.82, 2.24) is 0 Å². The van der Waals surface area contributed by atoms with Gasteiger partial charge in [-0.3, -0.25) is 0 Å². The van der Waals surface area contributed by atoms with Crippen molar-refractivity contribution < 1.29 is 0 Å². The van der Waals surface area contributed by atoms with Crippen molar-refractivity contribution in [3.05, 3.63) is 24.3 Å². The van der Waals surface area contributed by atoms with E-state index >= 15 is 0 Å². The summed E-state index contributed by atoms with van der Waals surface area (Å²) in [5.74, 6) is 0. The van der Waals surface area contributed by atoms with Crippen LogP contribution in [0.2, 0.25) is 0 Å². The molecule has 0 atom stereocenters. The molecule has 0 aliphatic heterocycles. The Morgan fingerprint density at radius 1 is 0.688 bits per heavy atom. The molecule has 0 aliphatic carbocycles. The molecule has 0 N–H and O–H groups in total. The molecule has 0 fully saturated rings. The fraction of sp³-hybridized carbons (Fsp3) is 0.750. The maximum absolute atomic E-state index is 2.33. The molecule has 94 valence electrons. The lowest BCUT2D eigenvalue weighted by molar-refractivity contribution is 0.577. The van der Waals surface area contributed by atoms with Gasteiger partial charge in [-0.1, -0.05) is 76.2 Å². The van der Waals surface area contributed by atoms with Gasteiger partial charge in [0.1, 0.15) is 0 Å². The van der Waals surface area contributed by atoms with Crippen molar-refractivity contribution in [2.45, 2.75) is 78.1 Å². The average Bonchev–Trinajstić information content (AvgIpc) is 2.31. The number of allylic oxidation sites excluding steroid dienone is 4. The van der Waals surface area contributed by atoms with E-state index in [2.05, 4.69) is 38.2 Å². The Bertz CT molecular complexity index is 165. The molecular weight excluding hydrogens is 192 g/mol.